The summed E-state index contributed by atoms with van der Waals surface area (Å²) >= 11 is 9.66. The summed E-state index contributed by atoms with van der Waals surface area (Å²) in [5, 5.41) is 4.30. The third kappa shape index (κ3) is 2.30. The van der Waals surface area contributed by atoms with Crippen LogP contribution in [0.25, 0.3) is 0 Å². The van der Waals surface area contributed by atoms with Gasteiger partial charge in [-0.05, 0) is 49.1 Å². The summed E-state index contributed by atoms with van der Waals surface area (Å²) in [4.78, 5) is 0. The van der Waals surface area contributed by atoms with Crippen molar-refractivity contribution >= 4 is 27.5 Å². The van der Waals surface area contributed by atoms with E-state index in [1.54, 1.807) is 0 Å². The van der Waals surface area contributed by atoms with Gasteiger partial charge in [0.25, 0.3) is 0 Å². The second-order valence-electron chi connectivity index (χ2n) is 3.71. The zero-order valence-corrected chi connectivity index (χ0v) is 10.2. The molecule has 1 nitrogen and oxygen atoms in total. The quantitative estimate of drug-likeness (QED) is 0.825. The molecule has 1 N–H and O–H groups in total. The van der Waals surface area contributed by atoms with E-state index in [0.717, 1.165) is 22.6 Å². The minimum atomic E-state index is 0.578. The van der Waals surface area contributed by atoms with E-state index in [0.29, 0.717) is 5.92 Å². The highest BCUT2D eigenvalue weighted by Crippen LogP contribution is 2.31. The molecule has 0 amide bonds. The van der Waals surface area contributed by atoms with Crippen molar-refractivity contribution in [1.82, 2.24) is 5.32 Å². The molecule has 1 fully saturated rings. The van der Waals surface area contributed by atoms with Crippen LogP contribution in [0.2, 0.25) is 5.02 Å². The molecule has 1 aliphatic heterocycles. The summed E-state index contributed by atoms with van der Waals surface area (Å²) in [5.41, 5.74) is 1.27. The number of piperidine rings is 1. The molecule has 1 saturated heterocycles. The Morgan fingerprint density at radius 2 is 2.29 bits per heavy atom. The fourth-order valence-corrected chi connectivity index (χ4v) is 2.60. The molecule has 0 aromatic heterocycles. The first-order valence-electron chi connectivity index (χ1n) is 4.93. The maximum absolute atomic E-state index is 6.18. The van der Waals surface area contributed by atoms with Crippen molar-refractivity contribution in [3.05, 3.63) is 33.3 Å². The van der Waals surface area contributed by atoms with E-state index in [1.165, 1.54) is 18.4 Å². The first-order valence-corrected chi connectivity index (χ1v) is 6.10. The SMILES string of the molecule is Clc1ccc(Br)cc1C1CCCNC1. The van der Waals surface area contributed by atoms with Gasteiger partial charge < -0.3 is 5.32 Å². The van der Waals surface area contributed by atoms with E-state index in [2.05, 4.69) is 27.3 Å². The monoisotopic (exact) mass is 273 g/mol. The maximum atomic E-state index is 6.18. The van der Waals surface area contributed by atoms with Gasteiger partial charge in [-0.25, -0.2) is 0 Å². The van der Waals surface area contributed by atoms with Crippen molar-refractivity contribution in [1.29, 1.82) is 0 Å². The Kier molecular flexibility index (Phi) is 3.47. The van der Waals surface area contributed by atoms with Gasteiger partial charge in [-0.3, -0.25) is 0 Å². The van der Waals surface area contributed by atoms with Gasteiger partial charge in [0, 0.05) is 16.0 Å². The topological polar surface area (TPSA) is 12.0 Å². The van der Waals surface area contributed by atoms with Gasteiger partial charge in [0.2, 0.25) is 0 Å². The first kappa shape index (κ1) is 10.5. The van der Waals surface area contributed by atoms with Crippen LogP contribution in [-0.4, -0.2) is 13.1 Å². The molecule has 1 heterocycles. The molecular formula is C11H13BrClN. The van der Waals surface area contributed by atoms with E-state index in [1.807, 2.05) is 12.1 Å². The van der Waals surface area contributed by atoms with Gasteiger partial charge in [-0.1, -0.05) is 27.5 Å². The molecule has 1 aliphatic rings. The van der Waals surface area contributed by atoms with E-state index in [9.17, 15) is 0 Å². The molecule has 0 bridgehead atoms. The Labute approximate surface area is 98.0 Å². The molecule has 1 aromatic rings. The highest BCUT2D eigenvalue weighted by atomic mass is 79.9. The number of benzene rings is 1. The zero-order valence-electron chi connectivity index (χ0n) is 7.89. The van der Waals surface area contributed by atoms with Crippen LogP contribution >= 0.6 is 27.5 Å². The average molecular weight is 275 g/mol. The van der Waals surface area contributed by atoms with Gasteiger partial charge in [0.1, 0.15) is 0 Å². The summed E-state index contributed by atoms with van der Waals surface area (Å²) in [5.74, 6) is 0.578. The average Bonchev–Trinajstić information content (AvgIpc) is 2.23. The Hall–Kier alpha value is -0.0500. The lowest BCUT2D eigenvalue weighted by atomic mass is 9.92. The van der Waals surface area contributed by atoms with Crippen LogP contribution in [0.3, 0.4) is 0 Å². The molecule has 0 saturated carbocycles. The van der Waals surface area contributed by atoms with Crippen LogP contribution in [0.15, 0.2) is 22.7 Å². The second kappa shape index (κ2) is 4.65. The number of nitrogens with one attached hydrogen (secondary N) is 1. The lowest BCUT2D eigenvalue weighted by molar-refractivity contribution is 0.461. The molecular weight excluding hydrogens is 261 g/mol. The smallest absolute Gasteiger partial charge is 0.0442 e. The van der Waals surface area contributed by atoms with Crippen LogP contribution < -0.4 is 5.32 Å². The first-order chi connectivity index (χ1) is 6.77. The van der Waals surface area contributed by atoms with Crippen LogP contribution in [0.5, 0.6) is 0 Å². The van der Waals surface area contributed by atoms with Gasteiger partial charge in [0.15, 0.2) is 0 Å². The van der Waals surface area contributed by atoms with E-state index >= 15 is 0 Å². The van der Waals surface area contributed by atoms with E-state index < -0.39 is 0 Å². The minimum Gasteiger partial charge on any atom is -0.316 e. The molecule has 0 aliphatic carbocycles. The summed E-state index contributed by atoms with van der Waals surface area (Å²) in [6, 6.07) is 6.09. The van der Waals surface area contributed by atoms with Gasteiger partial charge in [-0.2, -0.15) is 0 Å². The summed E-state index contributed by atoms with van der Waals surface area (Å²) < 4.78 is 1.11. The molecule has 76 valence electrons. The lowest BCUT2D eigenvalue weighted by Crippen LogP contribution is -2.28. The molecule has 0 spiro atoms. The van der Waals surface area contributed by atoms with Crippen LogP contribution in [-0.2, 0) is 0 Å². The second-order valence-corrected chi connectivity index (χ2v) is 5.03. The van der Waals surface area contributed by atoms with Gasteiger partial charge >= 0.3 is 0 Å². The molecule has 1 unspecified atom stereocenters. The standard InChI is InChI=1S/C11H13BrClN/c12-9-3-4-11(13)10(6-9)8-2-1-5-14-7-8/h3-4,6,8,14H,1-2,5,7H2. The number of hydrogen-bond acceptors (Lipinski definition) is 1. The Balaban J connectivity index is 2.24. The molecule has 0 radical (unpaired) electrons. The number of hydrogen-bond donors (Lipinski definition) is 1. The Morgan fingerprint density at radius 1 is 1.43 bits per heavy atom. The van der Waals surface area contributed by atoms with Crippen LogP contribution in [0.4, 0.5) is 0 Å². The van der Waals surface area contributed by atoms with Gasteiger partial charge in [-0.15, -0.1) is 0 Å². The largest absolute Gasteiger partial charge is 0.316 e. The van der Waals surface area contributed by atoms with Crippen molar-refractivity contribution < 1.29 is 0 Å². The van der Waals surface area contributed by atoms with Crippen molar-refractivity contribution in [3.8, 4) is 0 Å². The molecule has 1 aromatic carbocycles. The zero-order chi connectivity index (χ0) is 9.97. The third-order valence-electron chi connectivity index (χ3n) is 2.69. The molecule has 14 heavy (non-hydrogen) atoms. The number of rotatable bonds is 1. The molecule has 1 atom stereocenters. The highest BCUT2D eigenvalue weighted by molar-refractivity contribution is 9.10. The number of halogens is 2. The van der Waals surface area contributed by atoms with Crippen molar-refractivity contribution in [2.45, 2.75) is 18.8 Å². The minimum absolute atomic E-state index is 0.578. The predicted molar refractivity (Wildman–Crippen MR) is 64.0 cm³/mol. The maximum Gasteiger partial charge on any atom is 0.0442 e. The van der Waals surface area contributed by atoms with Crippen LogP contribution in [0.1, 0.15) is 24.3 Å². The predicted octanol–water partition coefficient (Wildman–Crippen LogP) is 3.57. The van der Waals surface area contributed by atoms with Crippen LogP contribution in [0, 0.1) is 0 Å². The van der Waals surface area contributed by atoms with Crippen molar-refractivity contribution in [2.24, 2.45) is 0 Å². The van der Waals surface area contributed by atoms with Gasteiger partial charge in [0.05, 0.1) is 0 Å². The highest BCUT2D eigenvalue weighted by Gasteiger charge is 2.17. The summed E-state index contributed by atoms with van der Waals surface area (Å²) in [6.45, 7) is 2.19. The summed E-state index contributed by atoms with van der Waals surface area (Å²) in [7, 11) is 0. The third-order valence-corrected chi connectivity index (χ3v) is 3.53. The normalized spacial score (nSPS) is 22.3. The molecule has 3 heteroatoms. The van der Waals surface area contributed by atoms with Crippen molar-refractivity contribution in [2.75, 3.05) is 13.1 Å². The van der Waals surface area contributed by atoms with E-state index in [4.69, 9.17) is 11.6 Å². The lowest BCUT2D eigenvalue weighted by Gasteiger charge is -2.24. The Bertz CT molecular complexity index is 321. The fourth-order valence-electron chi connectivity index (χ4n) is 1.94. The Morgan fingerprint density at radius 3 is 3.00 bits per heavy atom. The summed E-state index contributed by atoms with van der Waals surface area (Å²) in [6.07, 6.45) is 2.48. The van der Waals surface area contributed by atoms with E-state index in [-0.39, 0.29) is 0 Å². The molecule has 2 rings (SSSR count). The fraction of sp³-hybridized carbons (Fsp3) is 0.455. The van der Waals surface area contributed by atoms with Crippen molar-refractivity contribution in [3.63, 3.8) is 0 Å².